The number of epoxide rings is 1. The van der Waals surface area contributed by atoms with Crippen molar-refractivity contribution in [1.29, 1.82) is 0 Å². The number of hydrogen-bond donors (Lipinski definition) is 2. The second-order valence-electron chi connectivity index (χ2n) is 16.4. The first-order chi connectivity index (χ1) is 26.5. The molecule has 1 heterocycles. The Morgan fingerprint density at radius 2 is 1.29 bits per heavy atom. The van der Waals surface area contributed by atoms with Crippen LogP contribution < -0.4 is 10.2 Å². The van der Waals surface area contributed by atoms with Crippen LogP contribution in [0.4, 0.5) is 0 Å². The number of nitrogens with one attached hydrogen (secondary N) is 1. The molecule has 10 heteroatoms. The Bertz CT molecular complexity index is 1100. The van der Waals surface area contributed by atoms with Crippen LogP contribution in [0.1, 0.15) is 168 Å². The molecule has 55 heavy (non-hydrogen) atoms. The van der Waals surface area contributed by atoms with Gasteiger partial charge in [-0.25, -0.2) is 0 Å². The molecule has 0 radical (unpaired) electrons. The zero-order chi connectivity index (χ0) is 40.5. The average molecular weight is 795 g/mol. The van der Waals surface area contributed by atoms with Crippen LogP contribution in [0.15, 0.2) is 48.6 Å². The van der Waals surface area contributed by atoms with Gasteiger partial charge in [0.25, 0.3) is 7.82 Å². The molecule has 9 nitrogen and oxygen atoms in total. The number of aliphatic hydroxyl groups excluding tert-OH is 1. The normalized spacial score (nSPS) is 18.5. The molecule has 5 atom stereocenters. The number of amides is 1. The van der Waals surface area contributed by atoms with Gasteiger partial charge in [0.1, 0.15) is 13.2 Å². The van der Waals surface area contributed by atoms with Crippen LogP contribution in [0.5, 0.6) is 0 Å². The van der Waals surface area contributed by atoms with Crippen LogP contribution in [-0.2, 0) is 23.1 Å². The van der Waals surface area contributed by atoms with Crippen LogP contribution in [0, 0.1) is 0 Å². The highest BCUT2D eigenvalue weighted by Gasteiger charge is 2.36. The number of phosphoric ester groups is 1. The van der Waals surface area contributed by atoms with Crippen LogP contribution in [0.3, 0.4) is 0 Å². The molecule has 1 aliphatic heterocycles. The summed E-state index contributed by atoms with van der Waals surface area (Å²) in [5, 5.41) is 13.7. The van der Waals surface area contributed by atoms with Crippen molar-refractivity contribution in [2.45, 2.75) is 192 Å². The number of ether oxygens (including phenoxy) is 1. The number of carbonyl (C=O) groups excluding carboxylic acids is 1. The number of carbonyl (C=O) groups is 1. The zero-order valence-electron chi connectivity index (χ0n) is 35.8. The van der Waals surface area contributed by atoms with E-state index < -0.39 is 26.6 Å². The predicted octanol–water partition coefficient (Wildman–Crippen LogP) is 10.4. The Balaban J connectivity index is 2.37. The summed E-state index contributed by atoms with van der Waals surface area (Å²) in [5.74, 6) is -0.256. The second-order valence-corrected chi connectivity index (χ2v) is 17.8. The van der Waals surface area contributed by atoms with Crippen molar-refractivity contribution in [2.75, 3.05) is 40.9 Å². The SMILES string of the molecule is CCCCCCCCCCCCCCC/C=C/[C@@H](O)[C@H](COP(=O)([O-])OCC[N+](C)(C)C)NC(=O)CCC/C=C\C/C=C\C/C=C\CC1OC1CCCCC. The Morgan fingerprint density at radius 3 is 1.91 bits per heavy atom. The third-order valence-corrected chi connectivity index (χ3v) is 10.9. The lowest BCUT2D eigenvalue weighted by atomic mass is 10.0. The molecule has 0 aromatic rings. The van der Waals surface area contributed by atoms with Gasteiger partial charge in [-0.1, -0.05) is 159 Å². The van der Waals surface area contributed by atoms with Crippen molar-refractivity contribution >= 4 is 13.7 Å². The molecule has 0 aromatic carbocycles. The van der Waals surface area contributed by atoms with Crippen molar-refractivity contribution in [3.63, 3.8) is 0 Å². The molecule has 320 valence electrons. The number of aliphatic hydroxyl groups is 1. The van der Waals surface area contributed by atoms with E-state index >= 15 is 0 Å². The minimum Gasteiger partial charge on any atom is -0.756 e. The van der Waals surface area contributed by atoms with Gasteiger partial charge in [-0.15, -0.1) is 0 Å². The minimum absolute atomic E-state index is 0.0148. The lowest BCUT2D eigenvalue weighted by Gasteiger charge is -2.29. The molecule has 0 spiro atoms. The first-order valence-corrected chi connectivity index (χ1v) is 23.6. The molecule has 0 bridgehead atoms. The van der Waals surface area contributed by atoms with Gasteiger partial charge in [0.05, 0.1) is 52.1 Å². The highest BCUT2D eigenvalue weighted by molar-refractivity contribution is 7.45. The Labute approximate surface area is 337 Å². The summed E-state index contributed by atoms with van der Waals surface area (Å²) in [6.07, 6.45) is 43.3. The maximum atomic E-state index is 12.8. The predicted molar refractivity (Wildman–Crippen MR) is 228 cm³/mol. The third-order valence-electron chi connectivity index (χ3n) is 9.96. The van der Waals surface area contributed by atoms with Gasteiger partial charge in [0, 0.05) is 6.42 Å². The van der Waals surface area contributed by atoms with E-state index in [2.05, 4.69) is 55.6 Å². The number of unbranched alkanes of at least 4 members (excludes halogenated alkanes) is 16. The van der Waals surface area contributed by atoms with Gasteiger partial charge in [-0.3, -0.25) is 9.36 Å². The lowest BCUT2D eigenvalue weighted by molar-refractivity contribution is -0.870. The van der Waals surface area contributed by atoms with E-state index in [1.165, 1.54) is 96.3 Å². The fraction of sp³-hybridized carbons (Fsp3) is 0.800. The molecule has 0 aromatic heterocycles. The van der Waals surface area contributed by atoms with Crippen LogP contribution in [0.25, 0.3) is 0 Å². The van der Waals surface area contributed by atoms with Crippen molar-refractivity contribution in [2.24, 2.45) is 0 Å². The molecular weight excluding hydrogens is 711 g/mol. The summed E-state index contributed by atoms with van der Waals surface area (Å²) >= 11 is 0. The summed E-state index contributed by atoms with van der Waals surface area (Å²) in [6, 6.07) is -0.918. The molecular formula is C45H83N2O7P. The van der Waals surface area contributed by atoms with Gasteiger partial charge in [-0.2, -0.15) is 0 Å². The van der Waals surface area contributed by atoms with Crippen molar-refractivity contribution in [3.05, 3.63) is 48.6 Å². The topological polar surface area (TPSA) is 120 Å². The van der Waals surface area contributed by atoms with Gasteiger partial charge in [0.15, 0.2) is 0 Å². The maximum absolute atomic E-state index is 12.8. The summed E-state index contributed by atoms with van der Waals surface area (Å²) in [4.78, 5) is 25.3. The van der Waals surface area contributed by atoms with E-state index in [-0.39, 0.29) is 18.9 Å². The summed E-state index contributed by atoms with van der Waals surface area (Å²) in [6.45, 7) is 4.55. The number of nitrogens with zero attached hydrogens (tertiary/aromatic N) is 1. The minimum atomic E-state index is -4.60. The number of quaternary nitrogens is 1. The van der Waals surface area contributed by atoms with Gasteiger partial charge < -0.3 is 33.6 Å². The van der Waals surface area contributed by atoms with Crippen molar-refractivity contribution in [1.82, 2.24) is 5.32 Å². The molecule has 1 amide bonds. The fourth-order valence-corrected chi connectivity index (χ4v) is 7.02. The monoisotopic (exact) mass is 795 g/mol. The van der Waals surface area contributed by atoms with Gasteiger partial charge in [0.2, 0.25) is 5.91 Å². The van der Waals surface area contributed by atoms with Crippen molar-refractivity contribution < 1.29 is 37.6 Å². The Kier molecular flexibility index (Phi) is 31.2. The van der Waals surface area contributed by atoms with E-state index in [1.54, 1.807) is 6.08 Å². The number of rotatable bonds is 38. The number of hydrogen-bond acceptors (Lipinski definition) is 7. The van der Waals surface area contributed by atoms with Gasteiger partial charge in [-0.05, 0) is 51.4 Å². The Hall–Kier alpha value is -1.58. The van der Waals surface area contributed by atoms with E-state index in [0.717, 1.165) is 44.9 Å². The highest BCUT2D eigenvalue weighted by atomic mass is 31.2. The number of phosphoric acid groups is 1. The molecule has 3 unspecified atom stereocenters. The van der Waals surface area contributed by atoms with E-state index in [9.17, 15) is 19.4 Å². The van der Waals surface area contributed by atoms with Crippen LogP contribution in [-0.4, -0.2) is 80.8 Å². The molecule has 0 saturated carbocycles. The number of allylic oxidation sites excluding steroid dienone is 6. The van der Waals surface area contributed by atoms with Crippen LogP contribution >= 0.6 is 7.82 Å². The standard InChI is InChI=1S/C45H83N2O7P/c1-6-8-10-11-12-13-14-15-16-17-18-21-24-27-31-34-42(48)41(40-53-55(50,51)52-39-38-47(3,4)5)46-45(49)37-33-29-26-23-20-19-22-25-28-32-36-44-43(54-44)35-30-9-7-2/h19,22-23,26,28,31-32,34,41-44,48H,6-18,20-21,24-25,27,29-30,33,35-40H2,1-5H3,(H-,46,49,50,51)/b22-19-,26-23-,32-28-,34-31+/t41-,42+,43?,44?/m0/s1. The lowest BCUT2D eigenvalue weighted by Crippen LogP contribution is -2.45. The number of likely N-dealkylation sites (N-methyl/N-ethyl adjacent to an activating group) is 1. The zero-order valence-corrected chi connectivity index (χ0v) is 36.7. The quantitative estimate of drug-likeness (QED) is 0.0210. The molecule has 2 N–H and O–H groups in total. The van der Waals surface area contributed by atoms with Crippen LogP contribution in [0.2, 0.25) is 0 Å². The smallest absolute Gasteiger partial charge is 0.268 e. The maximum Gasteiger partial charge on any atom is 0.268 e. The molecule has 1 saturated heterocycles. The molecule has 1 aliphatic rings. The summed E-state index contributed by atoms with van der Waals surface area (Å²) < 4.78 is 28.9. The van der Waals surface area contributed by atoms with Crippen molar-refractivity contribution in [3.8, 4) is 0 Å². The first kappa shape index (κ1) is 51.4. The fourth-order valence-electron chi connectivity index (χ4n) is 6.30. The molecule has 0 aliphatic carbocycles. The van der Waals surface area contributed by atoms with E-state index in [4.69, 9.17) is 13.8 Å². The van der Waals surface area contributed by atoms with Gasteiger partial charge >= 0.3 is 0 Å². The largest absolute Gasteiger partial charge is 0.756 e. The first-order valence-electron chi connectivity index (χ1n) is 22.1. The van der Waals surface area contributed by atoms with E-state index in [0.29, 0.717) is 29.7 Å². The molecule has 1 rings (SSSR count). The third kappa shape index (κ3) is 33.1. The summed E-state index contributed by atoms with van der Waals surface area (Å²) in [5.41, 5.74) is 0. The Morgan fingerprint density at radius 1 is 0.745 bits per heavy atom. The highest BCUT2D eigenvalue weighted by Crippen LogP contribution is 2.38. The van der Waals surface area contributed by atoms with E-state index in [1.807, 2.05) is 27.2 Å². The summed E-state index contributed by atoms with van der Waals surface area (Å²) in [7, 11) is 1.21. The average Bonchev–Trinajstić information content (AvgIpc) is 3.89. The second kappa shape index (κ2) is 33.4. The molecule has 1 fully saturated rings.